The quantitative estimate of drug-likeness (QED) is 0.469. The van der Waals surface area contributed by atoms with Gasteiger partial charge in [-0.2, -0.15) is 5.10 Å². The van der Waals surface area contributed by atoms with Crippen molar-refractivity contribution in [2.45, 2.75) is 6.42 Å². The zero-order valence-corrected chi connectivity index (χ0v) is 17.9. The summed E-state index contributed by atoms with van der Waals surface area (Å²) in [4.78, 5) is 37.1. The molecule has 1 aromatic heterocycles. The Morgan fingerprint density at radius 3 is 2.50 bits per heavy atom. The van der Waals surface area contributed by atoms with Gasteiger partial charge in [0.15, 0.2) is 6.61 Å². The van der Waals surface area contributed by atoms with Crippen molar-refractivity contribution in [1.29, 1.82) is 0 Å². The molecule has 34 heavy (non-hydrogen) atoms. The highest BCUT2D eigenvalue weighted by atomic mass is 16.6. The highest BCUT2D eigenvalue weighted by molar-refractivity contribution is 5.94. The van der Waals surface area contributed by atoms with Gasteiger partial charge in [-0.05, 0) is 48.4 Å². The van der Waals surface area contributed by atoms with E-state index in [1.807, 2.05) is 18.2 Å². The highest BCUT2D eigenvalue weighted by Gasteiger charge is 2.27. The van der Waals surface area contributed by atoms with Gasteiger partial charge in [-0.15, -0.1) is 0 Å². The Morgan fingerprint density at radius 2 is 1.74 bits per heavy atom. The van der Waals surface area contributed by atoms with E-state index in [1.54, 1.807) is 48.5 Å². The molecule has 9 heteroatoms. The summed E-state index contributed by atoms with van der Waals surface area (Å²) in [5, 5.41) is 16.8. The normalized spacial score (nSPS) is 12.4. The fourth-order valence-electron chi connectivity index (χ4n) is 3.96. The smallest absolute Gasteiger partial charge is 0.419 e. The van der Waals surface area contributed by atoms with E-state index in [-0.39, 0.29) is 5.56 Å². The summed E-state index contributed by atoms with van der Waals surface area (Å²) >= 11 is 0. The third kappa shape index (κ3) is 4.06. The van der Waals surface area contributed by atoms with Crippen molar-refractivity contribution in [3.8, 4) is 22.8 Å². The Bertz CT molecular complexity index is 1460. The lowest BCUT2D eigenvalue weighted by atomic mass is 10.1. The van der Waals surface area contributed by atoms with E-state index in [4.69, 9.17) is 14.6 Å². The van der Waals surface area contributed by atoms with Crippen molar-refractivity contribution in [2.75, 3.05) is 18.1 Å². The molecule has 2 N–H and O–H groups in total. The van der Waals surface area contributed by atoms with Crippen LogP contribution in [0.3, 0.4) is 0 Å². The van der Waals surface area contributed by atoms with Gasteiger partial charge in [0.1, 0.15) is 11.5 Å². The molecule has 9 nitrogen and oxygen atoms in total. The Hall–Kier alpha value is -4.66. The monoisotopic (exact) mass is 457 g/mol. The van der Waals surface area contributed by atoms with Crippen molar-refractivity contribution in [1.82, 2.24) is 10.2 Å². The first-order valence-corrected chi connectivity index (χ1v) is 10.5. The number of anilines is 1. The number of nitrogens with one attached hydrogen (secondary N) is 1. The second-order valence-corrected chi connectivity index (χ2v) is 7.71. The summed E-state index contributed by atoms with van der Waals surface area (Å²) in [7, 11) is 0. The van der Waals surface area contributed by atoms with E-state index in [9.17, 15) is 14.4 Å². The molecule has 1 aliphatic rings. The van der Waals surface area contributed by atoms with Crippen LogP contribution in [0.4, 0.5) is 10.5 Å². The topological polar surface area (TPSA) is 122 Å². The fraction of sp³-hybridized carbons (Fsp3) is 0.120. The number of ether oxygens (including phenoxy) is 2. The number of aliphatic carboxylic acids is 1. The van der Waals surface area contributed by atoms with Gasteiger partial charge in [0.2, 0.25) is 0 Å². The summed E-state index contributed by atoms with van der Waals surface area (Å²) in [5.41, 5.74) is 2.71. The van der Waals surface area contributed by atoms with Crippen LogP contribution in [0, 0.1) is 0 Å². The van der Waals surface area contributed by atoms with Crippen LogP contribution in [0.25, 0.3) is 22.0 Å². The molecule has 0 fully saturated rings. The van der Waals surface area contributed by atoms with Crippen LogP contribution in [0.15, 0.2) is 71.5 Å². The van der Waals surface area contributed by atoms with Gasteiger partial charge in [0, 0.05) is 23.6 Å². The van der Waals surface area contributed by atoms with Crippen molar-refractivity contribution >= 4 is 28.5 Å². The molecule has 0 radical (unpaired) electrons. The lowest BCUT2D eigenvalue weighted by Crippen LogP contribution is -2.31. The maximum absolute atomic E-state index is 12.8. The number of H-pyrrole nitrogens is 1. The molecule has 2 heterocycles. The lowest BCUT2D eigenvalue weighted by Gasteiger charge is -2.17. The van der Waals surface area contributed by atoms with E-state index in [0.717, 1.165) is 16.5 Å². The minimum absolute atomic E-state index is 0.257. The van der Waals surface area contributed by atoms with E-state index in [2.05, 4.69) is 10.2 Å². The van der Waals surface area contributed by atoms with Crippen LogP contribution >= 0.6 is 0 Å². The summed E-state index contributed by atoms with van der Waals surface area (Å²) in [6.45, 7) is -0.0169. The molecule has 1 amide bonds. The maximum atomic E-state index is 12.8. The van der Waals surface area contributed by atoms with Gasteiger partial charge in [-0.25, -0.2) is 14.7 Å². The highest BCUT2D eigenvalue weighted by Crippen LogP contribution is 2.33. The van der Waals surface area contributed by atoms with Gasteiger partial charge in [0.05, 0.1) is 16.8 Å². The molecule has 0 atom stereocenters. The van der Waals surface area contributed by atoms with Crippen molar-refractivity contribution in [3.05, 3.63) is 82.6 Å². The average molecular weight is 457 g/mol. The zero-order valence-electron chi connectivity index (χ0n) is 17.9. The first kappa shape index (κ1) is 21.2. The number of nitrogens with zero attached hydrogens (tertiary/aromatic N) is 2. The Morgan fingerprint density at radius 1 is 1.00 bits per heavy atom. The molecule has 1 aliphatic heterocycles. The van der Waals surface area contributed by atoms with Gasteiger partial charge in [-0.3, -0.25) is 9.69 Å². The molecule has 0 saturated heterocycles. The minimum Gasteiger partial charge on any atom is -0.482 e. The number of hydrogen-bond donors (Lipinski definition) is 2. The summed E-state index contributed by atoms with van der Waals surface area (Å²) in [6.07, 6.45) is 0.113. The van der Waals surface area contributed by atoms with E-state index >= 15 is 0 Å². The first-order chi connectivity index (χ1) is 16.5. The zero-order chi connectivity index (χ0) is 23.7. The maximum Gasteiger partial charge on any atom is 0.419 e. The molecule has 5 rings (SSSR count). The summed E-state index contributed by atoms with van der Waals surface area (Å²) in [6, 6.07) is 19.2. The van der Waals surface area contributed by atoms with Gasteiger partial charge >= 0.3 is 12.1 Å². The number of aromatic nitrogens is 2. The number of hydrogen-bond acceptors (Lipinski definition) is 6. The number of aromatic amines is 1. The van der Waals surface area contributed by atoms with Crippen LogP contribution in [0.5, 0.6) is 11.5 Å². The largest absolute Gasteiger partial charge is 0.482 e. The predicted molar refractivity (Wildman–Crippen MR) is 124 cm³/mol. The number of carbonyl (C=O) groups excluding carboxylic acids is 1. The molecule has 4 aromatic rings. The van der Waals surface area contributed by atoms with Crippen LogP contribution in [0.1, 0.15) is 5.56 Å². The average Bonchev–Trinajstić information content (AvgIpc) is 3.27. The Kier molecular flexibility index (Phi) is 5.43. The van der Waals surface area contributed by atoms with Crippen molar-refractivity contribution in [3.63, 3.8) is 0 Å². The number of carboxylic acid groups (broad SMARTS) is 1. The van der Waals surface area contributed by atoms with Gasteiger partial charge in [0.25, 0.3) is 5.56 Å². The minimum atomic E-state index is -1.08. The second-order valence-electron chi connectivity index (χ2n) is 7.71. The summed E-state index contributed by atoms with van der Waals surface area (Å²) in [5.74, 6) is -0.356. The van der Waals surface area contributed by atoms with Crippen LogP contribution in [-0.4, -0.2) is 40.5 Å². The molecule has 0 spiro atoms. The third-order valence-corrected chi connectivity index (χ3v) is 5.56. The third-order valence-electron chi connectivity index (χ3n) is 5.56. The Balaban J connectivity index is 1.34. The van der Waals surface area contributed by atoms with Gasteiger partial charge < -0.3 is 14.6 Å². The molecule has 0 saturated carbocycles. The predicted octanol–water partition coefficient (Wildman–Crippen LogP) is 3.62. The number of fused-ring (bicyclic) bond motifs is 2. The number of amides is 1. The molecule has 0 unspecified atom stereocenters. The molecular formula is C25H19N3O6. The second kappa shape index (κ2) is 8.70. The first-order valence-electron chi connectivity index (χ1n) is 10.5. The van der Waals surface area contributed by atoms with Crippen LogP contribution in [-0.2, 0) is 11.2 Å². The van der Waals surface area contributed by atoms with E-state index in [1.165, 1.54) is 4.90 Å². The SMILES string of the molecule is O=C(O)COc1ccc2c(c1)N(C(=O)Oc1ccc(-c3n[nH]c(=O)c4ccccc34)cc1)CC2. The molecule has 0 aliphatic carbocycles. The van der Waals surface area contributed by atoms with Crippen LogP contribution < -0.4 is 19.9 Å². The molecule has 0 bridgehead atoms. The number of carbonyl (C=O) groups is 2. The molecule has 170 valence electrons. The van der Waals surface area contributed by atoms with Crippen LogP contribution in [0.2, 0.25) is 0 Å². The fourth-order valence-corrected chi connectivity index (χ4v) is 3.96. The standard InChI is InChI=1S/C25H19N3O6/c29-22(30)14-33-18-10-5-15-11-12-28(21(15)13-18)25(32)34-17-8-6-16(7-9-17)23-19-3-1-2-4-20(19)24(31)27-26-23/h1-10,13H,11-12,14H2,(H,27,31)(H,29,30). The van der Waals surface area contributed by atoms with Crippen molar-refractivity contribution in [2.24, 2.45) is 0 Å². The summed E-state index contributed by atoms with van der Waals surface area (Å²) < 4.78 is 10.8. The lowest BCUT2D eigenvalue weighted by molar-refractivity contribution is -0.139. The van der Waals surface area contributed by atoms with E-state index < -0.39 is 18.7 Å². The number of carboxylic acids is 1. The number of benzene rings is 3. The molecular weight excluding hydrogens is 438 g/mol. The number of rotatable bonds is 5. The van der Waals surface area contributed by atoms with E-state index in [0.29, 0.717) is 41.2 Å². The molecule has 3 aromatic carbocycles. The van der Waals surface area contributed by atoms with Crippen molar-refractivity contribution < 1.29 is 24.2 Å². The van der Waals surface area contributed by atoms with Gasteiger partial charge in [-0.1, -0.05) is 24.3 Å². The Labute approximate surface area is 193 Å².